The summed E-state index contributed by atoms with van der Waals surface area (Å²) in [7, 11) is 1.70. The fraction of sp³-hybridized carbons (Fsp3) is 0.297. The zero-order chi connectivity index (χ0) is 27.7. The van der Waals surface area contributed by atoms with Crippen LogP contribution < -0.4 is 13.9 Å². The molecule has 3 nitrogen and oxygen atoms in total. The van der Waals surface area contributed by atoms with Crippen LogP contribution in [0, 0.1) is 0 Å². The number of hydrogen-bond acceptors (Lipinski definition) is 1. The Morgan fingerprint density at radius 1 is 0.750 bits per heavy atom. The summed E-state index contributed by atoms with van der Waals surface area (Å²) in [6.07, 6.45) is 13.2. The van der Waals surface area contributed by atoms with Crippen LogP contribution in [0.1, 0.15) is 64.0 Å². The number of nitrogens with zero attached hydrogens (tertiary/aromatic N) is 2. The highest BCUT2D eigenvalue weighted by atomic mass is 16.5. The number of pyridine rings is 2. The van der Waals surface area contributed by atoms with Gasteiger partial charge in [0, 0.05) is 53.3 Å². The van der Waals surface area contributed by atoms with E-state index < -0.39 is 0 Å². The number of unbranched alkanes of at least 4 members (excludes halogenated alkanes) is 4. The summed E-state index contributed by atoms with van der Waals surface area (Å²) >= 11 is 0. The first-order valence-corrected chi connectivity index (χ1v) is 14.8. The summed E-state index contributed by atoms with van der Waals surface area (Å²) in [6, 6.07) is 28.6. The van der Waals surface area contributed by atoms with Gasteiger partial charge < -0.3 is 4.74 Å². The predicted octanol–water partition coefficient (Wildman–Crippen LogP) is 8.36. The summed E-state index contributed by atoms with van der Waals surface area (Å²) in [6.45, 7) is 8.15. The van der Waals surface area contributed by atoms with Crippen molar-refractivity contribution in [2.24, 2.45) is 0 Å². The van der Waals surface area contributed by atoms with Gasteiger partial charge in [-0.1, -0.05) is 64.3 Å². The maximum Gasteiger partial charge on any atom is 0.213 e. The zero-order valence-electron chi connectivity index (χ0n) is 24.3. The Labute approximate surface area is 238 Å². The molecule has 0 radical (unpaired) electrons. The van der Waals surface area contributed by atoms with Gasteiger partial charge in [0.05, 0.1) is 12.5 Å². The van der Waals surface area contributed by atoms with Crippen LogP contribution >= 0.6 is 0 Å². The number of rotatable bonds is 9. The molecule has 0 unspecified atom stereocenters. The van der Waals surface area contributed by atoms with Crippen LogP contribution in [-0.4, -0.2) is 7.11 Å². The van der Waals surface area contributed by atoms with Crippen LogP contribution in [0.2, 0.25) is 0 Å². The average molecular weight is 529 g/mol. The van der Waals surface area contributed by atoms with Crippen molar-refractivity contribution in [1.29, 1.82) is 0 Å². The molecule has 6 rings (SSSR count). The Balaban J connectivity index is 1.35. The first kappa shape index (κ1) is 26.3. The molecule has 0 amide bonds. The second kappa shape index (κ2) is 10.9. The van der Waals surface area contributed by atoms with E-state index in [0.29, 0.717) is 0 Å². The lowest BCUT2D eigenvalue weighted by molar-refractivity contribution is -0.672. The van der Waals surface area contributed by atoms with Crippen LogP contribution in [0.5, 0.6) is 5.75 Å². The lowest BCUT2D eigenvalue weighted by Crippen LogP contribution is -2.36. The van der Waals surface area contributed by atoms with E-state index in [9.17, 15) is 0 Å². The molecule has 2 aromatic heterocycles. The van der Waals surface area contributed by atoms with Crippen LogP contribution in [0.15, 0.2) is 97.5 Å². The minimum atomic E-state index is -0.0630. The molecule has 0 spiro atoms. The van der Waals surface area contributed by atoms with Gasteiger partial charge in [0.15, 0.2) is 18.6 Å². The average Bonchev–Trinajstić information content (AvgIpc) is 3.23. The minimum absolute atomic E-state index is 0.0630. The molecule has 0 aliphatic heterocycles. The van der Waals surface area contributed by atoms with Crippen molar-refractivity contribution in [2.45, 2.75) is 64.8 Å². The Hall–Kier alpha value is -3.98. The van der Waals surface area contributed by atoms with Crippen molar-refractivity contribution in [3.05, 3.63) is 109 Å². The Kier molecular flexibility index (Phi) is 7.14. The number of para-hydroxylation sites is 1. The second-order valence-corrected chi connectivity index (χ2v) is 11.6. The smallest absolute Gasteiger partial charge is 0.213 e. The van der Waals surface area contributed by atoms with Gasteiger partial charge in [-0.2, -0.15) is 9.13 Å². The topological polar surface area (TPSA) is 17.0 Å². The third-order valence-electron chi connectivity index (χ3n) is 8.71. The van der Waals surface area contributed by atoms with Gasteiger partial charge in [-0.05, 0) is 52.9 Å². The molecular weight excluding hydrogens is 488 g/mol. The van der Waals surface area contributed by atoms with E-state index in [2.05, 4.69) is 115 Å². The van der Waals surface area contributed by atoms with Gasteiger partial charge in [-0.25, -0.2) is 0 Å². The number of methoxy groups -OCH3 is 1. The van der Waals surface area contributed by atoms with Gasteiger partial charge >= 0.3 is 0 Å². The highest BCUT2D eigenvalue weighted by Gasteiger charge is 2.39. The molecule has 0 N–H and O–H groups in total. The number of fused-ring (bicyclic) bond motifs is 5. The van der Waals surface area contributed by atoms with Crippen molar-refractivity contribution < 1.29 is 13.9 Å². The number of ether oxygens (including phenoxy) is 1. The molecule has 0 fully saturated rings. The number of aryl methyl sites for hydroxylation is 1. The summed E-state index contributed by atoms with van der Waals surface area (Å²) < 4.78 is 9.97. The Morgan fingerprint density at radius 3 is 2.25 bits per heavy atom. The molecule has 3 heteroatoms. The Morgan fingerprint density at radius 2 is 1.50 bits per heavy atom. The lowest BCUT2D eigenvalue weighted by Gasteiger charge is -2.21. The van der Waals surface area contributed by atoms with E-state index in [1.54, 1.807) is 7.11 Å². The quantitative estimate of drug-likeness (QED) is 0.139. The van der Waals surface area contributed by atoms with E-state index in [0.717, 1.165) is 18.0 Å². The molecule has 2 heterocycles. The van der Waals surface area contributed by atoms with Gasteiger partial charge in [0.1, 0.15) is 12.3 Å². The van der Waals surface area contributed by atoms with Gasteiger partial charge in [-0.3, -0.25) is 0 Å². The van der Waals surface area contributed by atoms with Crippen LogP contribution in [-0.2, 0) is 12.0 Å². The molecule has 1 aliphatic carbocycles. The number of aromatic nitrogens is 2. The van der Waals surface area contributed by atoms with Crippen molar-refractivity contribution in [3.63, 3.8) is 0 Å². The van der Waals surface area contributed by atoms with E-state index >= 15 is 0 Å². The maximum absolute atomic E-state index is 5.31. The van der Waals surface area contributed by atoms with E-state index in [4.69, 9.17) is 4.74 Å². The van der Waals surface area contributed by atoms with E-state index in [1.165, 1.54) is 76.4 Å². The van der Waals surface area contributed by atoms with E-state index in [1.807, 2.05) is 12.1 Å². The normalized spacial score (nSPS) is 13.3. The summed E-state index contributed by atoms with van der Waals surface area (Å²) in [5.74, 6) is 0.869. The second-order valence-electron chi connectivity index (χ2n) is 11.6. The van der Waals surface area contributed by atoms with Crippen LogP contribution in [0.4, 0.5) is 0 Å². The lowest BCUT2D eigenvalue weighted by atomic mass is 9.82. The monoisotopic (exact) mass is 528 g/mol. The van der Waals surface area contributed by atoms with Crippen molar-refractivity contribution in [1.82, 2.24) is 0 Å². The molecule has 202 valence electrons. The van der Waals surface area contributed by atoms with Crippen LogP contribution in [0.3, 0.4) is 0 Å². The largest absolute Gasteiger partial charge is 0.497 e. The van der Waals surface area contributed by atoms with Gasteiger partial charge in [0.2, 0.25) is 11.2 Å². The van der Waals surface area contributed by atoms with E-state index in [-0.39, 0.29) is 5.41 Å². The number of benzene rings is 3. The Bertz CT molecular complexity index is 1650. The fourth-order valence-electron chi connectivity index (χ4n) is 6.35. The highest BCUT2D eigenvalue weighted by molar-refractivity contribution is 5.99. The summed E-state index contributed by atoms with van der Waals surface area (Å²) in [5, 5.41) is 1.37. The SMILES string of the molecule is CCCCCCC[n+]1cc2c(c3ccccc31)-c1ccc(-c3cc[n+](-c4ccc(OC)cc4)cc3)cc1C2(C)C. The molecule has 5 aromatic rings. The molecule has 3 aromatic carbocycles. The molecular formula is C37H40N2O+2. The van der Waals surface area contributed by atoms with Crippen molar-refractivity contribution >= 4 is 10.9 Å². The van der Waals surface area contributed by atoms with Crippen molar-refractivity contribution in [3.8, 4) is 33.7 Å². The molecule has 0 saturated heterocycles. The predicted molar refractivity (Wildman–Crippen MR) is 164 cm³/mol. The third-order valence-corrected chi connectivity index (χ3v) is 8.71. The third kappa shape index (κ3) is 4.68. The molecule has 1 aliphatic rings. The summed E-state index contributed by atoms with van der Waals surface area (Å²) in [4.78, 5) is 0. The highest BCUT2D eigenvalue weighted by Crippen LogP contribution is 2.51. The fourth-order valence-corrected chi connectivity index (χ4v) is 6.35. The first-order valence-electron chi connectivity index (χ1n) is 14.8. The van der Waals surface area contributed by atoms with Gasteiger partial charge in [-0.15, -0.1) is 0 Å². The van der Waals surface area contributed by atoms with Crippen molar-refractivity contribution in [2.75, 3.05) is 7.11 Å². The number of hydrogen-bond donors (Lipinski definition) is 0. The van der Waals surface area contributed by atoms with Gasteiger partial charge in [0.25, 0.3) is 0 Å². The molecule has 40 heavy (non-hydrogen) atoms. The molecule has 0 saturated carbocycles. The van der Waals surface area contributed by atoms with Crippen LogP contribution in [0.25, 0.3) is 38.8 Å². The minimum Gasteiger partial charge on any atom is -0.497 e. The molecule has 0 bridgehead atoms. The molecule has 0 atom stereocenters. The first-order chi connectivity index (χ1) is 19.5. The maximum atomic E-state index is 5.31. The summed E-state index contributed by atoms with van der Waals surface area (Å²) in [5.41, 5.74) is 10.5. The zero-order valence-corrected chi connectivity index (χ0v) is 24.3. The standard InChI is InChI=1S/C37H40N2O/c1-5-6-7-8-11-22-39-26-34-36(32-12-9-10-13-35(32)39)31-19-14-28(25-33(31)37(34,2)3)27-20-23-38(24-21-27)29-15-17-30(40-4)18-16-29/h9-10,12-21,23-26H,5-8,11,22H2,1-4H3/q+2.